The molecule has 8 nitrogen and oxygen atoms in total. The van der Waals surface area contributed by atoms with Gasteiger partial charge in [0.2, 0.25) is 11.8 Å². The highest BCUT2D eigenvalue weighted by Crippen LogP contribution is 2.32. The van der Waals surface area contributed by atoms with Crippen LogP contribution in [-0.4, -0.2) is 32.4 Å². The van der Waals surface area contributed by atoms with E-state index in [4.69, 9.17) is 5.84 Å². The number of hydrogen-bond acceptors (Lipinski definition) is 8. The lowest BCUT2D eigenvalue weighted by atomic mass is 9.95. The van der Waals surface area contributed by atoms with Crippen molar-refractivity contribution < 1.29 is 4.92 Å². The van der Waals surface area contributed by atoms with Gasteiger partial charge in [-0.05, 0) is 38.9 Å². The van der Waals surface area contributed by atoms with Crippen molar-refractivity contribution in [1.82, 2.24) is 9.97 Å². The molecule has 1 aliphatic rings. The Labute approximate surface area is 127 Å². The highest BCUT2D eigenvalue weighted by atomic mass is 32.2. The standard InChI is InChI=1S/C12H20N6O2S/c1-7-10(18(19)20)11(16-12(14-7)17-13)15-8-3-5-9(21-2)6-4-8/h8-9H,3-6,13H2,1-2H3,(H2,14,15,16,17). The average Bonchev–Trinajstić information content (AvgIpc) is 2.47. The summed E-state index contributed by atoms with van der Waals surface area (Å²) in [7, 11) is 0. The Morgan fingerprint density at radius 2 is 2.00 bits per heavy atom. The van der Waals surface area contributed by atoms with Gasteiger partial charge in [0.1, 0.15) is 5.69 Å². The molecule has 0 amide bonds. The van der Waals surface area contributed by atoms with Crippen LogP contribution in [0, 0.1) is 17.0 Å². The number of nitrogens with one attached hydrogen (secondary N) is 2. The Bertz CT molecular complexity index is 519. The second-order valence-corrected chi connectivity index (χ2v) is 6.22. The van der Waals surface area contributed by atoms with Gasteiger partial charge < -0.3 is 5.32 Å². The van der Waals surface area contributed by atoms with E-state index in [0.29, 0.717) is 10.9 Å². The van der Waals surface area contributed by atoms with Crippen LogP contribution in [0.3, 0.4) is 0 Å². The first-order chi connectivity index (χ1) is 10.0. The van der Waals surface area contributed by atoms with Crippen molar-refractivity contribution in [3.8, 4) is 0 Å². The molecule has 1 saturated carbocycles. The van der Waals surface area contributed by atoms with E-state index in [1.165, 1.54) is 0 Å². The fraction of sp³-hybridized carbons (Fsp3) is 0.667. The first-order valence-electron chi connectivity index (χ1n) is 6.84. The van der Waals surface area contributed by atoms with Crippen molar-refractivity contribution in [1.29, 1.82) is 0 Å². The van der Waals surface area contributed by atoms with Crippen LogP contribution in [0.25, 0.3) is 0 Å². The summed E-state index contributed by atoms with van der Waals surface area (Å²) in [6.45, 7) is 1.58. The predicted molar refractivity (Wildman–Crippen MR) is 84.4 cm³/mol. The van der Waals surface area contributed by atoms with Crippen LogP contribution >= 0.6 is 11.8 Å². The number of thioether (sulfide) groups is 1. The van der Waals surface area contributed by atoms with Gasteiger partial charge in [-0.2, -0.15) is 16.7 Å². The molecule has 9 heteroatoms. The van der Waals surface area contributed by atoms with Crippen LogP contribution in [0.15, 0.2) is 0 Å². The molecule has 21 heavy (non-hydrogen) atoms. The van der Waals surface area contributed by atoms with Crippen molar-refractivity contribution in [2.75, 3.05) is 17.0 Å². The Hall–Kier alpha value is -1.61. The third-order valence-corrected chi connectivity index (χ3v) is 4.86. The largest absolute Gasteiger partial charge is 0.361 e. The summed E-state index contributed by atoms with van der Waals surface area (Å²) in [6.07, 6.45) is 6.31. The highest BCUT2D eigenvalue weighted by Gasteiger charge is 2.26. The van der Waals surface area contributed by atoms with Crippen molar-refractivity contribution in [3.63, 3.8) is 0 Å². The number of hydrogen-bond donors (Lipinski definition) is 3. The number of nitrogens with two attached hydrogens (primary N) is 1. The molecule has 1 aliphatic carbocycles. The van der Waals surface area contributed by atoms with E-state index in [9.17, 15) is 10.1 Å². The number of hydrazine groups is 1. The lowest BCUT2D eigenvalue weighted by Crippen LogP contribution is -2.28. The van der Waals surface area contributed by atoms with Crippen LogP contribution in [-0.2, 0) is 0 Å². The molecule has 4 N–H and O–H groups in total. The number of nitrogens with zero attached hydrogens (tertiary/aromatic N) is 3. The zero-order valence-corrected chi connectivity index (χ0v) is 12.9. The van der Waals surface area contributed by atoms with Crippen molar-refractivity contribution in [2.24, 2.45) is 5.84 Å². The molecule has 0 spiro atoms. The summed E-state index contributed by atoms with van der Waals surface area (Å²) in [5.74, 6) is 5.73. The van der Waals surface area contributed by atoms with E-state index in [1.54, 1.807) is 6.92 Å². The van der Waals surface area contributed by atoms with Crippen LogP contribution in [0.2, 0.25) is 0 Å². The molecular formula is C12H20N6O2S. The number of aromatic nitrogens is 2. The van der Waals surface area contributed by atoms with Crippen LogP contribution in [0.4, 0.5) is 17.5 Å². The van der Waals surface area contributed by atoms with Crippen molar-refractivity contribution in [2.45, 2.75) is 43.9 Å². The summed E-state index contributed by atoms with van der Waals surface area (Å²) in [6, 6.07) is 0.201. The molecule has 0 saturated heterocycles. The topological polar surface area (TPSA) is 119 Å². The molecule has 1 aromatic heterocycles. The van der Waals surface area contributed by atoms with Gasteiger partial charge in [-0.15, -0.1) is 0 Å². The first kappa shape index (κ1) is 15.8. The molecule has 1 aromatic rings. The van der Waals surface area contributed by atoms with Crippen LogP contribution in [0.1, 0.15) is 31.4 Å². The summed E-state index contributed by atoms with van der Waals surface area (Å²) >= 11 is 1.88. The maximum atomic E-state index is 11.2. The van der Waals surface area contributed by atoms with Gasteiger partial charge >= 0.3 is 5.69 Å². The average molecular weight is 312 g/mol. The molecule has 0 atom stereocenters. The third-order valence-electron chi connectivity index (χ3n) is 3.72. The van der Waals surface area contributed by atoms with Crippen LogP contribution in [0.5, 0.6) is 0 Å². The number of aryl methyl sites for hydroxylation is 1. The zero-order chi connectivity index (χ0) is 15.4. The molecule has 0 radical (unpaired) electrons. The summed E-state index contributed by atoms with van der Waals surface area (Å²) in [5, 5.41) is 15.1. The maximum Gasteiger partial charge on any atom is 0.332 e. The van der Waals surface area contributed by atoms with Gasteiger partial charge in [0.15, 0.2) is 0 Å². The quantitative estimate of drug-likeness (QED) is 0.429. The first-order valence-corrected chi connectivity index (χ1v) is 8.13. The van der Waals surface area contributed by atoms with Gasteiger partial charge in [-0.1, -0.05) is 0 Å². The Morgan fingerprint density at radius 1 is 1.33 bits per heavy atom. The summed E-state index contributed by atoms with van der Waals surface area (Å²) in [5.41, 5.74) is 2.55. The Morgan fingerprint density at radius 3 is 2.52 bits per heavy atom. The monoisotopic (exact) mass is 312 g/mol. The number of rotatable bonds is 5. The third kappa shape index (κ3) is 3.73. The minimum Gasteiger partial charge on any atom is -0.361 e. The van der Waals surface area contributed by atoms with Crippen molar-refractivity contribution in [3.05, 3.63) is 15.8 Å². The second kappa shape index (κ2) is 6.90. The van der Waals surface area contributed by atoms with Gasteiger partial charge in [-0.3, -0.25) is 15.5 Å². The fourth-order valence-corrected chi connectivity index (χ4v) is 3.33. The molecule has 2 rings (SSSR count). The van der Waals surface area contributed by atoms with Crippen LogP contribution < -0.4 is 16.6 Å². The lowest BCUT2D eigenvalue weighted by Gasteiger charge is -2.28. The zero-order valence-electron chi connectivity index (χ0n) is 12.1. The lowest BCUT2D eigenvalue weighted by molar-refractivity contribution is -0.385. The van der Waals surface area contributed by atoms with Gasteiger partial charge in [0, 0.05) is 11.3 Å². The molecular weight excluding hydrogens is 292 g/mol. The van der Waals surface area contributed by atoms with Gasteiger partial charge in [-0.25, -0.2) is 10.8 Å². The molecule has 1 heterocycles. The summed E-state index contributed by atoms with van der Waals surface area (Å²) in [4.78, 5) is 18.8. The second-order valence-electron chi connectivity index (χ2n) is 5.08. The molecule has 1 fully saturated rings. The molecule has 0 unspecified atom stereocenters. The van der Waals surface area contributed by atoms with Gasteiger partial charge in [0.25, 0.3) is 0 Å². The minimum absolute atomic E-state index is 0.0824. The molecule has 0 aliphatic heterocycles. The van der Waals surface area contributed by atoms with E-state index in [2.05, 4.69) is 27.0 Å². The highest BCUT2D eigenvalue weighted by molar-refractivity contribution is 7.99. The SMILES string of the molecule is CSC1CCC(Nc2nc(NN)nc(C)c2[N+](=O)[O-])CC1. The van der Waals surface area contributed by atoms with Crippen molar-refractivity contribution >= 4 is 29.2 Å². The fourth-order valence-electron chi connectivity index (χ4n) is 2.59. The van der Waals surface area contributed by atoms with E-state index in [0.717, 1.165) is 25.7 Å². The number of nitrogen functional groups attached to an aromatic ring is 1. The minimum atomic E-state index is -0.453. The smallest absolute Gasteiger partial charge is 0.332 e. The van der Waals surface area contributed by atoms with E-state index >= 15 is 0 Å². The van der Waals surface area contributed by atoms with E-state index in [-0.39, 0.29) is 23.5 Å². The number of nitro groups is 1. The predicted octanol–water partition coefficient (Wildman–Crippen LogP) is 2.06. The maximum absolute atomic E-state index is 11.2. The normalized spacial score (nSPS) is 21.9. The van der Waals surface area contributed by atoms with E-state index < -0.39 is 4.92 Å². The summed E-state index contributed by atoms with van der Waals surface area (Å²) < 4.78 is 0. The van der Waals surface area contributed by atoms with Gasteiger partial charge in [0.05, 0.1) is 4.92 Å². The van der Waals surface area contributed by atoms with E-state index in [1.807, 2.05) is 11.8 Å². The Kier molecular flexibility index (Phi) is 5.18. The molecule has 116 valence electrons. The molecule has 0 bridgehead atoms. The number of anilines is 2. The Balaban J connectivity index is 2.18. The molecule has 0 aromatic carbocycles.